The second-order valence-corrected chi connectivity index (χ2v) is 4.72. The molecule has 1 aromatic carbocycles. The highest BCUT2D eigenvalue weighted by atomic mass is 35.5. The van der Waals surface area contributed by atoms with Gasteiger partial charge in [-0.25, -0.2) is 4.98 Å². The number of benzene rings is 1. The second kappa shape index (κ2) is 6.91. The largest absolute Gasteiger partial charge is 0.505 e. The number of nitrogens with zero attached hydrogens (tertiary/aromatic N) is 1. The summed E-state index contributed by atoms with van der Waals surface area (Å²) in [5.74, 6) is -1.82. The number of halogens is 1. The minimum atomic E-state index is -0.779. The molecule has 2 aromatic rings. The molecule has 0 atom stereocenters. The molecule has 22 heavy (non-hydrogen) atoms. The van der Waals surface area contributed by atoms with Gasteiger partial charge in [0, 0.05) is 16.8 Å². The van der Waals surface area contributed by atoms with Gasteiger partial charge in [-0.2, -0.15) is 0 Å². The summed E-state index contributed by atoms with van der Waals surface area (Å²) in [7, 11) is 1.19. The van der Waals surface area contributed by atoms with Crippen LogP contribution >= 0.6 is 11.6 Å². The van der Waals surface area contributed by atoms with Gasteiger partial charge in [-0.1, -0.05) is 23.7 Å². The van der Waals surface area contributed by atoms with Gasteiger partial charge in [0.2, 0.25) is 0 Å². The molecular formula is C15H13ClN2O4. The van der Waals surface area contributed by atoms with Gasteiger partial charge in [0.1, 0.15) is 12.3 Å². The van der Waals surface area contributed by atoms with Crippen molar-refractivity contribution in [1.29, 1.82) is 0 Å². The molecular weight excluding hydrogens is 308 g/mol. The average Bonchev–Trinajstić information content (AvgIpc) is 2.53. The van der Waals surface area contributed by atoms with Gasteiger partial charge in [0.25, 0.3) is 5.91 Å². The fraction of sp³-hybridized carbons (Fsp3) is 0.133. The lowest BCUT2D eigenvalue weighted by molar-refractivity contribution is -0.139. The molecule has 0 saturated heterocycles. The van der Waals surface area contributed by atoms with Gasteiger partial charge in [0.15, 0.2) is 5.69 Å². The summed E-state index contributed by atoms with van der Waals surface area (Å²) in [6, 6.07) is 7.96. The van der Waals surface area contributed by atoms with Crippen molar-refractivity contribution < 1.29 is 20.8 Å². The van der Waals surface area contributed by atoms with Gasteiger partial charge in [0.05, 0.1) is 8.48 Å². The predicted molar refractivity (Wildman–Crippen MR) is 80.7 cm³/mol. The van der Waals surface area contributed by atoms with E-state index in [-0.39, 0.29) is 18.4 Å². The van der Waals surface area contributed by atoms with Gasteiger partial charge >= 0.3 is 5.97 Å². The molecule has 0 aliphatic heterocycles. The number of esters is 1. The molecule has 1 amide bonds. The molecule has 0 fully saturated rings. The molecule has 0 aliphatic rings. The van der Waals surface area contributed by atoms with Gasteiger partial charge < -0.3 is 15.2 Å². The molecule has 0 bridgehead atoms. The highest BCUT2D eigenvalue weighted by molar-refractivity contribution is 6.30. The Labute approximate surface area is 133 Å². The maximum Gasteiger partial charge on any atom is 0.325 e. The highest BCUT2D eigenvalue weighted by Crippen LogP contribution is 2.26. The van der Waals surface area contributed by atoms with E-state index >= 15 is 0 Å². The molecule has 1 heterocycles. The van der Waals surface area contributed by atoms with E-state index in [4.69, 9.17) is 13.0 Å². The van der Waals surface area contributed by atoms with E-state index in [1.54, 1.807) is 24.3 Å². The summed E-state index contributed by atoms with van der Waals surface area (Å²) < 4.78 is 12.3. The fourth-order valence-electron chi connectivity index (χ4n) is 1.69. The van der Waals surface area contributed by atoms with Crippen molar-refractivity contribution in [3.05, 3.63) is 47.2 Å². The number of carbonyl (C=O) groups excluding carboxylic acids is 2. The summed E-state index contributed by atoms with van der Waals surface area (Å²) in [6.45, 7) is -0.361. The van der Waals surface area contributed by atoms with Gasteiger partial charge in [-0.3, -0.25) is 9.59 Å². The summed E-state index contributed by atoms with van der Waals surface area (Å²) >= 11 is 5.90. The first kappa shape index (κ1) is 14.3. The Kier molecular flexibility index (Phi) is 4.50. The van der Waals surface area contributed by atoms with Crippen LogP contribution in [0.4, 0.5) is 0 Å². The molecule has 0 saturated carbocycles. The normalized spacial score (nSPS) is 10.7. The number of aromatic nitrogens is 1. The van der Waals surface area contributed by atoms with E-state index < -0.39 is 17.6 Å². The number of hydrogen-bond donors (Lipinski definition) is 2. The molecule has 1 aromatic heterocycles. The van der Waals surface area contributed by atoms with Crippen LogP contribution in [0.25, 0.3) is 11.1 Å². The summed E-state index contributed by atoms with van der Waals surface area (Å²) in [6.07, 6.45) is -0.201. The number of methoxy groups -OCH3 is 1. The summed E-state index contributed by atoms with van der Waals surface area (Å²) in [4.78, 5) is 26.7. The molecule has 2 N–H and O–H groups in total. The van der Waals surface area contributed by atoms with E-state index in [1.807, 2.05) is 0 Å². The molecule has 6 nitrogen and oxygen atoms in total. The number of amides is 1. The van der Waals surface area contributed by atoms with Crippen LogP contribution in [-0.4, -0.2) is 35.6 Å². The molecule has 2 rings (SSSR count). The third kappa shape index (κ3) is 3.73. The zero-order valence-electron chi connectivity index (χ0n) is 12.6. The van der Waals surface area contributed by atoms with Gasteiger partial charge in [-0.05, 0) is 23.8 Å². The lowest BCUT2D eigenvalue weighted by Gasteiger charge is -2.07. The third-order valence-electron chi connectivity index (χ3n) is 2.78. The molecule has 7 heteroatoms. The zero-order chi connectivity index (χ0) is 17.0. The Morgan fingerprint density at radius 1 is 1.41 bits per heavy atom. The smallest absolute Gasteiger partial charge is 0.325 e. The maximum absolute atomic E-state index is 11.9. The molecule has 0 aliphatic carbocycles. The number of aromatic hydroxyl groups is 1. The first-order valence-electron chi connectivity index (χ1n) is 6.74. The van der Waals surface area contributed by atoms with Crippen LogP contribution in [-0.2, 0) is 9.53 Å². The Hall–Kier alpha value is -2.60. The standard InChI is InChI=1S/C15H13ClN2O4/c1-22-13(20)8-18-15(21)14-12(19)6-10(7-17-14)9-3-2-4-11(16)5-9/h2-7,19H,8H2,1H3,(H,18,21)/i7D. The number of hydrogen-bond acceptors (Lipinski definition) is 5. The van der Waals surface area contributed by atoms with Crippen molar-refractivity contribution in [1.82, 2.24) is 10.3 Å². The van der Waals surface area contributed by atoms with Crippen molar-refractivity contribution >= 4 is 23.5 Å². The highest BCUT2D eigenvalue weighted by Gasteiger charge is 2.15. The van der Waals surface area contributed by atoms with Crippen molar-refractivity contribution in [2.75, 3.05) is 13.7 Å². The Morgan fingerprint density at radius 2 is 2.18 bits per heavy atom. The van der Waals surface area contributed by atoms with E-state index in [1.165, 1.54) is 13.2 Å². The van der Waals surface area contributed by atoms with Crippen molar-refractivity contribution in [2.24, 2.45) is 0 Å². The van der Waals surface area contributed by atoms with Crippen LogP contribution in [0.15, 0.2) is 36.5 Å². The van der Waals surface area contributed by atoms with Gasteiger partial charge in [-0.15, -0.1) is 0 Å². The van der Waals surface area contributed by atoms with Crippen molar-refractivity contribution in [3.8, 4) is 16.9 Å². The fourth-order valence-corrected chi connectivity index (χ4v) is 1.88. The molecule has 0 unspecified atom stereocenters. The second-order valence-electron chi connectivity index (χ2n) is 4.28. The van der Waals surface area contributed by atoms with E-state index in [0.717, 1.165) is 0 Å². The van der Waals surface area contributed by atoms with Crippen LogP contribution in [0.3, 0.4) is 0 Å². The zero-order valence-corrected chi connectivity index (χ0v) is 12.3. The Morgan fingerprint density at radius 3 is 2.86 bits per heavy atom. The monoisotopic (exact) mass is 321 g/mol. The third-order valence-corrected chi connectivity index (χ3v) is 3.02. The van der Waals surface area contributed by atoms with Crippen LogP contribution in [0.2, 0.25) is 5.02 Å². The van der Waals surface area contributed by atoms with Crippen LogP contribution in [0.5, 0.6) is 5.75 Å². The van der Waals surface area contributed by atoms with Crippen LogP contribution in [0, 0.1) is 0 Å². The summed E-state index contributed by atoms with van der Waals surface area (Å²) in [5.41, 5.74) is 0.575. The van der Waals surface area contributed by atoms with E-state index in [9.17, 15) is 14.7 Å². The topological polar surface area (TPSA) is 88.5 Å². The number of ether oxygens (including phenoxy) is 1. The molecule has 0 radical (unpaired) electrons. The SMILES string of the molecule is [2H]c1nc(C(=O)NCC(=O)OC)c(O)cc1-c1cccc(Cl)c1. The average molecular weight is 322 g/mol. The predicted octanol–water partition coefficient (Wildman–Crippen LogP) is 2.01. The molecule has 114 valence electrons. The number of carbonyl (C=O) groups is 2. The minimum Gasteiger partial charge on any atom is -0.505 e. The minimum absolute atomic E-state index is 0.201. The Balaban J connectivity index is 2.30. The van der Waals surface area contributed by atoms with E-state index in [2.05, 4.69) is 15.0 Å². The van der Waals surface area contributed by atoms with Crippen molar-refractivity contribution in [2.45, 2.75) is 0 Å². The lowest BCUT2D eigenvalue weighted by Crippen LogP contribution is -2.30. The Bertz CT molecular complexity index is 767. The maximum atomic E-state index is 11.9. The first-order valence-corrected chi connectivity index (χ1v) is 6.61. The van der Waals surface area contributed by atoms with Crippen molar-refractivity contribution in [3.63, 3.8) is 0 Å². The number of rotatable bonds is 4. The number of pyridine rings is 1. The lowest BCUT2D eigenvalue weighted by atomic mass is 10.1. The van der Waals surface area contributed by atoms with E-state index in [0.29, 0.717) is 16.1 Å². The first-order chi connectivity index (χ1) is 10.9. The summed E-state index contributed by atoms with van der Waals surface area (Å²) in [5, 5.41) is 12.7. The molecule has 0 spiro atoms. The number of nitrogens with one attached hydrogen (secondary N) is 1. The van der Waals surface area contributed by atoms with Crippen LogP contribution < -0.4 is 5.32 Å². The van der Waals surface area contributed by atoms with Crippen LogP contribution in [0.1, 0.15) is 11.9 Å². The quantitative estimate of drug-likeness (QED) is 0.841.